The van der Waals surface area contributed by atoms with E-state index < -0.39 is 5.60 Å². The molecule has 13 heavy (non-hydrogen) atoms. The van der Waals surface area contributed by atoms with Crippen molar-refractivity contribution in [2.24, 2.45) is 5.92 Å². The summed E-state index contributed by atoms with van der Waals surface area (Å²) >= 11 is 0. The summed E-state index contributed by atoms with van der Waals surface area (Å²) in [4.78, 5) is 2.46. The predicted octanol–water partition coefficient (Wildman–Crippen LogP) is 1.88. The van der Waals surface area contributed by atoms with Crippen LogP contribution in [0.25, 0.3) is 0 Å². The third-order valence-corrected chi connectivity index (χ3v) is 3.18. The van der Waals surface area contributed by atoms with E-state index in [9.17, 15) is 5.11 Å². The average molecular weight is 185 g/mol. The molecular formula is C11H23NO. The van der Waals surface area contributed by atoms with Crippen molar-refractivity contribution in [3.63, 3.8) is 0 Å². The second-order valence-corrected chi connectivity index (χ2v) is 5.08. The van der Waals surface area contributed by atoms with Crippen LogP contribution in [0, 0.1) is 5.92 Å². The van der Waals surface area contributed by atoms with Gasteiger partial charge in [-0.2, -0.15) is 0 Å². The summed E-state index contributed by atoms with van der Waals surface area (Å²) in [7, 11) is 0. The van der Waals surface area contributed by atoms with Gasteiger partial charge in [-0.15, -0.1) is 0 Å². The Balaban J connectivity index is 2.52. The van der Waals surface area contributed by atoms with Crippen molar-refractivity contribution < 1.29 is 5.11 Å². The van der Waals surface area contributed by atoms with Crippen LogP contribution >= 0.6 is 0 Å². The van der Waals surface area contributed by atoms with Gasteiger partial charge < -0.3 is 10.0 Å². The highest BCUT2D eigenvalue weighted by molar-refractivity contribution is 4.84. The molecule has 0 aromatic carbocycles. The summed E-state index contributed by atoms with van der Waals surface area (Å²) < 4.78 is 0. The first-order valence-corrected chi connectivity index (χ1v) is 5.37. The molecule has 1 fully saturated rings. The van der Waals surface area contributed by atoms with Crippen LogP contribution in [-0.4, -0.2) is 34.7 Å². The molecule has 1 N–H and O–H groups in total. The molecular weight excluding hydrogens is 162 g/mol. The first-order valence-electron chi connectivity index (χ1n) is 5.37. The summed E-state index contributed by atoms with van der Waals surface area (Å²) in [6, 6.07) is 0.616. The number of piperidine rings is 1. The maximum atomic E-state index is 9.92. The summed E-state index contributed by atoms with van der Waals surface area (Å²) in [6.07, 6.45) is 2.40. The highest BCUT2D eigenvalue weighted by Crippen LogP contribution is 2.27. The highest BCUT2D eigenvalue weighted by atomic mass is 16.3. The second-order valence-electron chi connectivity index (χ2n) is 5.08. The molecule has 1 aliphatic heterocycles. The van der Waals surface area contributed by atoms with Crippen molar-refractivity contribution in [2.75, 3.05) is 13.1 Å². The average Bonchev–Trinajstić information content (AvgIpc) is 2.03. The molecule has 1 aliphatic rings. The fourth-order valence-corrected chi connectivity index (χ4v) is 2.05. The van der Waals surface area contributed by atoms with Crippen LogP contribution in [0.3, 0.4) is 0 Å². The van der Waals surface area contributed by atoms with Crippen molar-refractivity contribution in [1.29, 1.82) is 0 Å². The molecule has 0 bridgehead atoms. The molecule has 78 valence electrons. The van der Waals surface area contributed by atoms with Gasteiger partial charge in [0.2, 0.25) is 0 Å². The molecule has 1 atom stereocenters. The monoisotopic (exact) mass is 185 g/mol. The van der Waals surface area contributed by atoms with Crippen molar-refractivity contribution in [3.8, 4) is 0 Å². The lowest BCUT2D eigenvalue weighted by Gasteiger charge is -2.40. The zero-order chi connectivity index (χ0) is 10.1. The standard InChI is InChI=1S/C11H23NO/c1-9(2)12-7-5-6-10(8-12)11(3,4)13/h9-10,13H,5-8H2,1-4H3/t10-/m0/s1. The summed E-state index contributed by atoms with van der Waals surface area (Å²) in [5.41, 5.74) is -0.506. The van der Waals surface area contributed by atoms with Crippen molar-refractivity contribution in [1.82, 2.24) is 4.90 Å². The van der Waals surface area contributed by atoms with E-state index in [4.69, 9.17) is 0 Å². The van der Waals surface area contributed by atoms with E-state index in [1.54, 1.807) is 0 Å². The molecule has 1 saturated heterocycles. The Morgan fingerprint density at radius 2 is 2.00 bits per heavy atom. The van der Waals surface area contributed by atoms with E-state index in [1.807, 2.05) is 13.8 Å². The van der Waals surface area contributed by atoms with Crippen LogP contribution in [0.1, 0.15) is 40.5 Å². The molecule has 0 spiro atoms. The Bertz CT molecular complexity index is 160. The summed E-state index contributed by atoms with van der Waals surface area (Å²) in [6.45, 7) is 10.6. The van der Waals surface area contributed by atoms with Crippen molar-refractivity contribution in [3.05, 3.63) is 0 Å². The molecule has 1 rings (SSSR count). The van der Waals surface area contributed by atoms with E-state index in [1.165, 1.54) is 19.4 Å². The lowest BCUT2D eigenvalue weighted by Crippen LogP contribution is -2.46. The van der Waals surface area contributed by atoms with Gasteiger partial charge in [0.15, 0.2) is 0 Å². The normalized spacial score (nSPS) is 26.8. The van der Waals surface area contributed by atoms with Gasteiger partial charge in [0.05, 0.1) is 5.60 Å². The van der Waals surface area contributed by atoms with Crippen LogP contribution in [-0.2, 0) is 0 Å². The maximum Gasteiger partial charge on any atom is 0.0632 e. The first-order chi connectivity index (χ1) is 5.91. The number of hydrogen-bond acceptors (Lipinski definition) is 2. The Morgan fingerprint density at radius 3 is 2.46 bits per heavy atom. The van der Waals surface area contributed by atoms with Gasteiger partial charge in [-0.1, -0.05) is 0 Å². The highest BCUT2D eigenvalue weighted by Gasteiger charge is 2.31. The Kier molecular flexibility index (Phi) is 3.36. The Labute approximate surface area is 81.9 Å². The molecule has 0 unspecified atom stereocenters. The number of rotatable bonds is 2. The maximum absolute atomic E-state index is 9.92. The molecule has 0 aliphatic carbocycles. The van der Waals surface area contributed by atoms with Gasteiger partial charge in [0, 0.05) is 12.6 Å². The molecule has 2 heteroatoms. The van der Waals surface area contributed by atoms with Gasteiger partial charge >= 0.3 is 0 Å². The lowest BCUT2D eigenvalue weighted by atomic mass is 9.84. The van der Waals surface area contributed by atoms with Crippen molar-refractivity contribution >= 4 is 0 Å². The SMILES string of the molecule is CC(C)N1CCC[C@H](C(C)(C)O)C1. The van der Waals surface area contributed by atoms with Crippen LogP contribution in [0.15, 0.2) is 0 Å². The minimum Gasteiger partial charge on any atom is -0.390 e. The molecule has 1 heterocycles. The van der Waals surface area contributed by atoms with Gasteiger partial charge in [-0.05, 0) is 53.0 Å². The van der Waals surface area contributed by atoms with Crippen LogP contribution in [0.4, 0.5) is 0 Å². The summed E-state index contributed by atoms with van der Waals surface area (Å²) in [5.74, 6) is 0.448. The molecule has 0 aromatic heterocycles. The van der Waals surface area contributed by atoms with Gasteiger partial charge in [0.25, 0.3) is 0 Å². The zero-order valence-electron chi connectivity index (χ0n) is 9.38. The summed E-state index contributed by atoms with van der Waals surface area (Å²) in [5, 5.41) is 9.92. The third kappa shape index (κ3) is 2.96. The second kappa shape index (κ2) is 3.97. The predicted molar refractivity (Wildman–Crippen MR) is 55.7 cm³/mol. The van der Waals surface area contributed by atoms with Crippen LogP contribution in [0.2, 0.25) is 0 Å². The number of nitrogens with zero attached hydrogens (tertiary/aromatic N) is 1. The zero-order valence-corrected chi connectivity index (χ0v) is 9.38. The topological polar surface area (TPSA) is 23.5 Å². The molecule has 0 saturated carbocycles. The Hall–Kier alpha value is -0.0800. The van der Waals surface area contributed by atoms with Crippen LogP contribution in [0.5, 0.6) is 0 Å². The Morgan fingerprint density at radius 1 is 1.38 bits per heavy atom. The fourth-order valence-electron chi connectivity index (χ4n) is 2.05. The lowest BCUT2D eigenvalue weighted by molar-refractivity contribution is -0.0238. The first kappa shape index (κ1) is 11.0. The van der Waals surface area contributed by atoms with Gasteiger partial charge in [0.1, 0.15) is 0 Å². The number of aliphatic hydroxyl groups is 1. The number of hydrogen-bond donors (Lipinski definition) is 1. The van der Waals surface area contributed by atoms with E-state index >= 15 is 0 Å². The molecule has 2 nitrogen and oxygen atoms in total. The molecule has 0 aromatic rings. The largest absolute Gasteiger partial charge is 0.390 e. The molecule has 0 amide bonds. The van der Waals surface area contributed by atoms with E-state index in [2.05, 4.69) is 18.7 Å². The van der Waals surface area contributed by atoms with Crippen molar-refractivity contribution in [2.45, 2.75) is 52.2 Å². The van der Waals surface area contributed by atoms with E-state index in [0.29, 0.717) is 12.0 Å². The smallest absolute Gasteiger partial charge is 0.0632 e. The van der Waals surface area contributed by atoms with Gasteiger partial charge in [-0.25, -0.2) is 0 Å². The molecule has 0 radical (unpaired) electrons. The van der Waals surface area contributed by atoms with Crippen LogP contribution < -0.4 is 0 Å². The minimum atomic E-state index is -0.506. The van der Waals surface area contributed by atoms with E-state index in [0.717, 1.165) is 6.54 Å². The quantitative estimate of drug-likeness (QED) is 0.710. The minimum absolute atomic E-state index is 0.448. The third-order valence-electron chi connectivity index (χ3n) is 3.18. The van der Waals surface area contributed by atoms with E-state index in [-0.39, 0.29) is 0 Å². The van der Waals surface area contributed by atoms with Gasteiger partial charge in [-0.3, -0.25) is 0 Å². The fraction of sp³-hybridized carbons (Fsp3) is 1.00. The number of likely N-dealkylation sites (tertiary alicyclic amines) is 1.